The molecule has 2 heterocycles. The maximum absolute atomic E-state index is 5.71. The van der Waals surface area contributed by atoms with Crippen LogP contribution in [0.2, 0.25) is 0 Å². The highest BCUT2D eigenvalue weighted by molar-refractivity contribution is 5.75. The predicted octanol–water partition coefficient (Wildman–Crippen LogP) is 2.23. The molecular weight excluding hydrogens is 200 g/mol. The summed E-state index contributed by atoms with van der Waals surface area (Å²) in [6, 6.07) is 1.89. The van der Waals surface area contributed by atoms with Gasteiger partial charge in [-0.2, -0.15) is 0 Å². The first-order chi connectivity index (χ1) is 7.61. The van der Waals surface area contributed by atoms with Crippen molar-refractivity contribution in [3.05, 3.63) is 18.1 Å². The van der Waals surface area contributed by atoms with E-state index in [1.165, 1.54) is 0 Å². The molecule has 0 aromatic carbocycles. The van der Waals surface area contributed by atoms with Crippen LogP contribution in [0.4, 0.5) is 5.69 Å². The quantitative estimate of drug-likeness (QED) is 0.859. The van der Waals surface area contributed by atoms with Gasteiger partial charge in [0, 0.05) is 13.0 Å². The average molecular weight is 218 g/mol. The summed E-state index contributed by atoms with van der Waals surface area (Å²) < 4.78 is 2.19. The van der Waals surface area contributed by atoms with Gasteiger partial charge in [-0.15, -0.1) is 0 Å². The SMILES string of the molecule is CCc1nc2cc(N)cnc2n1CC(C)C. The lowest BCUT2D eigenvalue weighted by Crippen LogP contribution is -2.08. The van der Waals surface area contributed by atoms with Crippen LogP contribution in [0.3, 0.4) is 0 Å². The van der Waals surface area contributed by atoms with Gasteiger partial charge >= 0.3 is 0 Å². The molecule has 0 unspecified atom stereocenters. The second kappa shape index (κ2) is 4.12. The van der Waals surface area contributed by atoms with E-state index in [0.717, 1.165) is 30.0 Å². The zero-order valence-electron chi connectivity index (χ0n) is 10.1. The summed E-state index contributed by atoms with van der Waals surface area (Å²) in [5.41, 5.74) is 8.23. The minimum Gasteiger partial charge on any atom is -0.397 e. The molecule has 4 nitrogen and oxygen atoms in total. The lowest BCUT2D eigenvalue weighted by atomic mass is 10.2. The van der Waals surface area contributed by atoms with Crippen molar-refractivity contribution in [2.45, 2.75) is 33.7 Å². The van der Waals surface area contributed by atoms with E-state index in [2.05, 4.69) is 35.3 Å². The minimum absolute atomic E-state index is 0.585. The molecular formula is C12H18N4. The summed E-state index contributed by atoms with van der Waals surface area (Å²) in [7, 11) is 0. The molecule has 0 amide bonds. The number of anilines is 1. The monoisotopic (exact) mass is 218 g/mol. The van der Waals surface area contributed by atoms with Crippen molar-refractivity contribution in [2.24, 2.45) is 5.92 Å². The summed E-state index contributed by atoms with van der Waals surface area (Å²) in [4.78, 5) is 8.94. The molecule has 2 N–H and O–H groups in total. The van der Waals surface area contributed by atoms with E-state index >= 15 is 0 Å². The summed E-state index contributed by atoms with van der Waals surface area (Å²) in [5, 5.41) is 0. The Morgan fingerprint density at radius 1 is 1.44 bits per heavy atom. The van der Waals surface area contributed by atoms with Crippen LogP contribution in [0.5, 0.6) is 0 Å². The Hall–Kier alpha value is -1.58. The Morgan fingerprint density at radius 3 is 2.81 bits per heavy atom. The molecule has 86 valence electrons. The van der Waals surface area contributed by atoms with Crippen molar-refractivity contribution in [3.63, 3.8) is 0 Å². The molecule has 0 atom stereocenters. The number of pyridine rings is 1. The lowest BCUT2D eigenvalue weighted by Gasteiger charge is -2.09. The highest BCUT2D eigenvalue weighted by Gasteiger charge is 2.11. The molecule has 2 aromatic rings. The second-order valence-electron chi connectivity index (χ2n) is 4.50. The van der Waals surface area contributed by atoms with Gasteiger partial charge in [-0.1, -0.05) is 20.8 Å². The molecule has 0 fully saturated rings. The summed E-state index contributed by atoms with van der Waals surface area (Å²) in [6.07, 6.45) is 2.61. The van der Waals surface area contributed by atoms with Crippen LogP contribution >= 0.6 is 0 Å². The van der Waals surface area contributed by atoms with Crippen LogP contribution in [0.15, 0.2) is 12.3 Å². The van der Waals surface area contributed by atoms with Crippen molar-refractivity contribution in [1.82, 2.24) is 14.5 Å². The molecule has 16 heavy (non-hydrogen) atoms. The van der Waals surface area contributed by atoms with Gasteiger partial charge in [0.1, 0.15) is 11.3 Å². The number of fused-ring (bicyclic) bond motifs is 1. The Kier molecular flexibility index (Phi) is 2.81. The van der Waals surface area contributed by atoms with E-state index in [0.29, 0.717) is 11.6 Å². The van der Waals surface area contributed by atoms with Crippen molar-refractivity contribution < 1.29 is 0 Å². The van der Waals surface area contributed by atoms with Gasteiger partial charge in [-0.3, -0.25) is 0 Å². The number of hydrogen-bond donors (Lipinski definition) is 1. The van der Waals surface area contributed by atoms with E-state index in [9.17, 15) is 0 Å². The molecule has 0 saturated heterocycles. The Bertz CT molecular complexity index is 499. The molecule has 0 spiro atoms. The third kappa shape index (κ3) is 1.87. The van der Waals surface area contributed by atoms with Crippen LogP contribution in [-0.4, -0.2) is 14.5 Å². The van der Waals surface area contributed by atoms with Crippen LogP contribution < -0.4 is 5.73 Å². The van der Waals surface area contributed by atoms with Gasteiger partial charge in [-0.05, 0) is 12.0 Å². The van der Waals surface area contributed by atoms with Crippen molar-refractivity contribution in [3.8, 4) is 0 Å². The van der Waals surface area contributed by atoms with Crippen LogP contribution in [-0.2, 0) is 13.0 Å². The number of nitrogen functional groups attached to an aromatic ring is 1. The number of hydrogen-bond acceptors (Lipinski definition) is 3. The summed E-state index contributed by atoms with van der Waals surface area (Å²) in [5.74, 6) is 1.67. The zero-order valence-corrected chi connectivity index (χ0v) is 10.1. The highest BCUT2D eigenvalue weighted by Crippen LogP contribution is 2.18. The molecule has 2 aromatic heterocycles. The van der Waals surface area contributed by atoms with Crippen molar-refractivity contribution >= 4 is 16.9 Å². The molecule has 2 rings (SSSR count). The number of nitrogens with two attached hydrogens (primary N) is 1. The van der Waals surface area contributed by atoms with Gasteiger partial charge in [0.05, 0.1) is 11.9 Å². The number of imidazole rings is 1. The normalized spacial score (nSPS) is 11.5. The highest BCUT2D eigenvalue weighted by atomic mass is 15.1. The topological polar surface area (TPSA) is 56.7 Å². The number of aromatic nitrogens is 3. The van der Waals surface area contributed by atoms with Crippen LogP contribution in [0, 0.1) is 5.92 Å². The first-order valence-corrected chi connectivity index (χ1v) is 5.72. The minimum atomic E-state index is 0.585. The number of rotatable bonds is 3. The fourth-order valence-corrected chi connectivity index (χ4v) is 1.90. The molecule has 0 saturated carbocycles. The summed E-state index contributed by atoms with van der Waals surface area (Å²) in [6.45, 7) is 7.46. The number of aryl methyl sites for hydroxylation is 1. The first-order valence-electron chi connectivity index (χ1n) is 5.72. The number of nitrogens with zero attached hydrogens (tertiary/aromatic N) is 3. The fraction of sp³-hybridized carbons (Fsp3) is 0.500. The van der Waals surface area contributed by atoms with Crippen LogP contribution in [0.25, 0.3) is 11.2 Å². The van der Waals surface area contributed by atoms with Gasteiger partial charge in [0.25, 0.3) is 0 Å². The van der Waals surface area contributed by atoms with E-state index in [1.54, 1.807) is 6.20 Å². The van der Waals surface area contributed by atoms with Gasteiger partial charge in [0.15, 0.2) is 5.65 Å². The standard InChI is InChI=1S/C12H18N4/c1-4-11-15-10-5-9(13)6-14-12(10)16(11)7-8(2)3/h5-6,8H,4,7,13H2,1-3H3. The fourth-order valence-electron chi connectivity index (χ4n) is 1.90. The zero-order chi connectivity index (χ0) is 11.7. The maximum atomic E-state index is 5.71. The first kappa shape index (κ1) is 10.9. The molecule has 0 aliphatic rings. The van der Waals surface area contributed by atoms with Gasteiger partial charge in [0.2, 0.25) is 0 Å². The van der Waals surface area contributed by atoms with E-state index in [-0.39, 0.29) is 0 Å². The Balaban J connectivity index is 2.59. The van der Waals surface area contributed by atoms with E-state index in [4.69, 9.17) is 5.73 Å². The lowest BCUT2D eigenvalue weighted by molar-refractivity contribution is 0.516. The third-order valence-electron chi connectivity index (χ3n) is 2.55. The predicted molar refractivity (Wildman–Crippen MR) is 66.2 cm³/mol. The molecule has 4 heteroatoms. The van der Waals surface area contributed by atoms with Crippen molar-refractivity contribution in [1.29, 1.82) is 0 Å². The molecule has 0 aliphatic heterocycles. The van der Waals surface area contributed by atoms with E-state index in [1.807, 2.05) is 6.07 Å². The van der Waals surface area contributed by atoms with E-state index < -0.39 is 0 Å². The largest absolute Gasteiger partial charge is 0.397 e. The van der Waals surface area contributed by atoms with Gasteiger partial charge < -0.3 is 10.3 Å². The Morgan fingerprint density at radius 2 is 2.19 bits per heavy atom. The summed E-state index contributed by atoms with van der Waals surface area (Å²) >= 11 is 0. The Labute approximate surface area is 95.5 Å². The van der Waals surface area contributed by atoms with Crippen molar-refractivity contribution in [2.75, 3.05) is 5.73 Å². The third-order valence-corrected chi connectivity index (χ3v) is 2.55. The van der Waals surface area contributed by atoms with Crippen LogP contribution in [0.1, 0.15) is 26.6 Å². The molecule has 0 radical (unpaired) electrons. The average Bonchev–Trinajstić information content (AvgIpc) is 2.55. The smallest absolute Gasteiger partial charge is 0.160 e. The maximum Gasteiger partial charge on any atom is 0.160 e. The molecule has 0 aliphatic carbocycles. The second-order valence-corrected chi connectivity index (χ2v) is 4.50. The van der Waals surface area contributed by atoms with Gasteiger partial charge in [-0.25, -0.2) is 9.97 Å². The molecule has 0 bridgehead atoms.